The number of hydrogen-bond donors (Lipinski definition) is 2. The summed E-state index contributed by atoms with van der Waals surface area (Å²) in [6.45, 7) is 5.36. The highest BCUT2D eigenvalue weighted by molar-refractivity contribution is 6.33. The molecule has 0 saturated heterocycles. The second-order valence-corrected chi connectivity index (χ2v) is 6.53. The Bertz CT molecular complexity index is 793. The smallest absolute Gasteiger partial charge is 0.253 e. The molecule has 0 aliphatic carbocycles. The number of amides is 2. The molecule has 0 heterocycles. The maximum atomic E-state index is 13.2. The summed E-state index contributed by atoms with van der Waals surface area (Å²) in [5.41, 5.74) is 1.41. The number of hydrogen-bond acceptors (Lipinski definition) is 2. The predicted octanol–water partition coefficient (Wildman–Crippen LogP) is 4.18. The summed E-state index contributed by atoms with van der Waals surface area (Å²) in [7, 11) is 0. The first-order valence-electron chi connectivity index (χ1n) is 7.92. The van der Waals surface area contributed by atoms with Gasteiger partial charge in [0.25, 0.3) is 5.91 Å². The Balaban J connectivity index is 2.16. The van der Waals surface area contributed by atoms with Crippen molar-refractivity contribution in [2.24, 2.45) is 5.92 Å². The molecule has 4 nitrogen and oxygen atoms in total. The van der Waals surface area contributed by atoms with Gasteiger partial charge in [-0.3, -0.25) is 9.59 Å². The maximum absolute atomic E-state index is 13.2. The molecule has 0 aliphatic rings. The fourth-order valence-corrected chi connectivity index (χ4v) is 2.60. The molecule has 0 spiro atoms. The maximum Gasteiger partial charge on any atom is 0.253 e. The van der Waals surface area contributed by atoms with Crippen LogP contribution in [0.15, 0.2) is 42.5 Å². The minimum Gasteiger partial charge on any atom is -0.340 e. The number of halogens is 2. The molecular weight excluding hydrogens is 343 g/mol. The van der Waals surface area contributed by atoms with Crippen molar-refractivity contribution in [2.75, 3.05) is 5.32 Å². The van der Waals surface area contributed by atoms with Gasteiger partial charge in [-0.15, -0.1) is 0 Å². The Kier molecular flexibility index (Phi) is 6.15. The number of aryl methyl sites for hydroxylation is 1. The van der Waals surface area contributed by atoms with Crippen molar-refractivity contribution >= 4 is 29.1 Å². The van der Waals surface area contributed by atoms with Crippen LogP contribution in [-0.4, -0.2) is 17.9 Å². The second kappa shape index (κ2) is 8.12. The fourth-order valence-electron chi connectivity index (χ4n) is 2.38. The topological polar surface area (TPSA) is 58.2 Å². The van der Waals surface area contributed by atoms with Crippen molar-refractivity contribution < 1.29 is 14.0 Å². The molecule has 6 heteroatoms. The monoisotopic (exact) mass is 362 g/mol. The molecular formula is C19H20ClFN2O2. The molecule has 2 aromatic carbocycles. The molecule has 0 fully saturated rings. The number of benzene rings is 2. The van der Waals surface area contributed by atoms with Crippen molar-refractivity contribution in [3.8, 4) is 0 Å². The fraction of sp³-hybridized carbons (Fsp3) is 0.263. The lowest BCUT2D eigenvalue weighted by atomic mass is 10.0. The van der Waals surface area contributed by atoms with Crippen LogP contribution in [0.2, 0.25) is 5.02 Å². The first-order chi connectivity index (χ1) is 11.8. The minimum absolute atomic E-state index is 0.146. The lowest BCUT2D eigenvalue weighted by Gasteiger charge is -2.22. The van der Waals surface area contributed by atoms with E-state index in [0.717, 1.165) is 0 Å². The second-order valence-electron chi connectivity index (χ2n) is 6.12. The summed E-state index contributed by atoms with van der Waals surface area (Å²) in [5, 5.41) is 5.77. The highest BCUT2D eigenvalue weighted by Crippen LogP contribution is 2.18. The zero-order valence-electron chi connectivity index (χ0n) is 14.3. The van der Waals surface area contributed by atoms with Crippen LogP contribution < -0.4 is 10.6 Å². The summed E-state index contributed by atoms with van der Waals surface area (Å²) < 4.78 is 13.2. The van der Waals surface area contributed by atoms with Crippen LogP contribution in [0.4, 0.5) is 10.1 Å². The zero-order chi connectivity index (χ0) is 18.6. The van der Waals surface area contributed by atoms with Gasteiger partial charge in [-0.25, -0.2) is 4.39 Å². The molecule has 0 aliphatic heterocycles. The van der Waals surface area contributed by atoms with E-state index in [-0.39, 0.29) is 17.6 Å². The summed E-state index contributed by atoms with van der Waals surface area (Å²) in [6.07, 6.45) is 0. The lowest BCUT2D eigenvalue weighted by Crippen LogP contribution is -2.47. The van der Waals surface area contributed by atoms with E-state index < -0.39 is 11.9 Å². The average Bonchev–Trinajstić information content (AvgIpc) is 2.55. The van der Waals surface area contributed by atoms with E-state index in [9.17, 15) is 14.0 Å². The number of nitrogens with one attached hydrogen (secondary N) is 2. The number of anilines is 1. The molecule has 0 saturated carbocycles. The molecule has 0 radical (unpaired) electrons. The van der Waals surface area contributed by atoms with Crippen molar-refractivity contribution in [2.45, 2.75) is 26.8 Å². The van der Waals surface area contributed by atoms with E-state index in [1.165, 1.54) is 18.2 Å². The summed E-state index contributed by atoms with van der Waals surface area (Å²) in [4.78, 5) is 25.0. The third-order valence-electron chi connectivity index (χ3n) is 3.80. The van der Waals surface area contributed by atoms with Gasteiger partial charge < -0.3 is 10.6 Å². The molecule has 2 N–H and O–H groups in total. The summed E-state index contributed by atoms with van der Waals surface area (Å²) >= 11 is 6.03. The van der Waals surface area contributed by atoms with Crippen molar-refractivity contribution in [1.82, 2.24) is 5.32 Å². The van der Waals surface area contributed by atoms with Gasteiger partial charge in [0, 0.05) is 5.69 Å². The standard InChI is InChI=1S/C19H20ClFN2O2/c1-11(2)17(23-18(24)14-6-4-5-7-15(14)20)19(25)22-16-9-8-13(21)10-12(16)3/h4-11,17H,1-3H3,(H,22,25)(H,23,24)/t17-/m0/s1. The van der Waals surface area contributed by atoms with Crippen LogP contribution >= 0.6 is 11.6 Å². The quantitative estimate of drug-likeness (QED) is 0.838. The Labute approximate surface area is 151 Å². The third kappa shape index (κ3) is 4.79. The van der Waals surface area contributed by atoms with Crippen molar-refractivity contribution in [3.05, 3.63) is 64.4 Å². The van der Waals surface area contributed by atoms with Gasteiger partial charge in [0.05, 0.1) is 10.6 Å². The molecule has 1 atom stereocenters. The van der Waals surface area contributed by atoms with E-state index in [0.29, 0.717) is 21.8 Å². The van der Waals surface area contributed by atoms with Gasteiger partial charge in [-0.05, 0) is 48.7 Å². The summed E-state index contributed by atoms with van der Waals surface area (Å²) in [5.74, 6) is -1.31. The molecule has 0 bridgehead atoms. The van der Waals surface area contributed by atoms with Crippen LogP contribution in [0, 0.1) is 18.7 Å². The molecule has 132 valence electrons. The van der Waals surface area contributed by atoms with Crippen molar-refractivity contribution in [1.29, 1.82) is 0 Å². The van der Waals surface area contributed by atoms with Gasteiger partial charge in [0.1, 0.15) is 11.9 Å². The Morgan fingerprint density at radius 1 is 1.12 bits per heavy atom. The molecule has 0 aromatic heterocycles. The summed E-state index contributed by atoms with van der Waals surface area (Å²) in [6, 6.07) is 9.98. The number of carbonyl (C=O) groups excluding carboxylic acids is 2. The zero-order valence-corrected chi connectivity index (χ0v) is 15.0. The Morgan fingerprint density at radius 2 is 1.80 bits per heavy atom. The van der Waals surface area contributed by atoms with Crippen molar-refractivity contribution in [3.63, 3.8) is 0 Å². The first kappa shape index (κ1) is 18.9. The van der Waals surface area contributed by atoms with Crippen LogP contribution in [0.5, 0.6) is 0 Å². The molecule has 2 amide bonds. The van der Waals surface area contributed by atoms with Gasteiger partial charge in [-0.2, -0.15) is 0 Å². The largest absolute Gasteiger partial charge is 0.340 e. The predicted molar refractivity (Wildman–Crippen MR) is 97.3 cm³/mol. The Morgan fingerprint density at radius 3 is 2.40 bits per heavy atom. The lowest BCUT2D eigenvalue weighted by molar-refractivity contribution is -0.118. The normalized spacial score (nSPS) is 11.9. The molecule has 0 unspecified atom stereocenters. The SMILES string of the molecule is Cc1cc(F)ccc1NC(=O)[C@@H](NC(=O)c1ccccc1Cl)C(C)C. The number of rotatable bonds is 5. The van der Waals surface area contributed by atoms with E-state index >= 15 is 0 Å². The van der Waals surface area contributed by atoms with E-state index in [4.69, 9.17) is 11.6 Å². The van der Waals surface area contributed by atoms with Crippen LogP contribution in [-0.2, 0) is 4.79 Å². The van der Waals surface area contributed by atoms with E-state index in [2.05, 4.69) is 10.6 Å². The van der Waals surface area contributed by atoms with E-state index in [1.807, 2.05) is 13.8 Å². The molecule has 25 heavy (non-hydrogen) atoms. The van der Waals surface area contributed by atoms with Gasteiger partial charge in [-0.1, -0.05) is 37.6 Å². The highest BCUT2D eigenvalue weighted by atomic mass is 35.5. The molecule has 2 rings (SSSR count). The van der Waals surface area contributed by atoms with Gasteiger partial charge >= 0.3 is 0 Å². The van der Waals surface area contributed by atoms with Crippen LogP contribution in [0.1, 0.15) is 29.8 Å². The van der Waals surface area contributed by atoms with Crippen LogP contribution in [0.25, 0.3) is 0 Å². The number of carbonyl (C=O) groups is 2. The van der Waals surface area contributed by atoms with Crippen LogP contribution in [0.3, 0.4) is 0 Å². The highest BCUT2D eigenvalue weighted by Gasteiger charge is 2.25. The van der Waals surface area contributed by atoms with E-state index in [1.54, 1.807) is 31.2 Å². The van der Waals surface area contributed by atoms with Gasteiger partial charge in [0.15, 0.2) is 0 Å². The average molecular weight is 363 g/mol. The minimum atomic E-state index is -0.756. The molecule has 2 aromatic rings. The van der Waals surface area contributed by atoms with Gasteiger partial charge in [0.2, 0.25) is 5.91 Å². The Hall–Kier alpha value is -2.40. The first-order valence-corrected chi connectivity index (χ1v) is 8.29. The third-order valence-corrected chi connectivity index (χ3v) is 4.13.